The standard InChI is InChI=1S/C16H18N2OS/c1-11(15-6-3-9-20-15)17-16(19)18-14-8-7-12-4-2-5-13(12)10-14/h3,6-11H,2,4-5H2,1H3,(H2,17,18,19)/t11-/m0/s1. The fraction of sp³-hybridized carbons (Fsp3) is 0.312. The van der Waals surface area contributed by atoms with E-state index in [0.717, 1.165) is 23.4 Å². The van der Waals surface area contributed by atoms with Crippen molar-refractivity contribution < 1.29 is 4.79 Å². The Bertz CT molecular complexity index is 607. The number of benzene rings is 1. The van der Waals surface area contributed by atoms with Crippen LogP contribution in [0.15, 0.2) is 35.7 Å². The van der Waals surface area contributed by atoms with Crippen LogP contribution in [0.5, 0.6) is 0 Å². The lowest BCUT2D eigenvalue weighted by Crippen LogP contribution is -2.30. The number of carbonyl (C=O) groups is 1. The van der Waals surface area contributed by atoms with E-state index in [4.69, 9.17) is 0 Å². The minimum atomic E-state index is -0.149. The summed E-state index contributed by atoms with van der Waals surface area (Å²) in [6.45, 7) is 1.99. The average Bonchev–Trinajstić information content (AvgIpc) is 3.09. The summed E-state index contributed by atoms with van der Waals surface area (Å²) < 4.78 is 0. The van der Waals surface area contributed by atoms with Crippen molar-refractivity contribution in [2.75, 3.05) is 5.32 Å². The molecule has 3 rings (SSSR count). The van der Waals surface area contributed by atoms with Crippen molar-refractivity contribution in [3.63, 3.8) is 0 Å². The second-order valence-electron chi connectivity index (χ2n) is 5.17. The molecule has 0 fully saturated rings. The van der Waals surface area contributed by atoms with E-state index in [1.807, 2.05) is 30.5 Å². The van der Waals surface area contributed by atoms with Crippen LogP contribution in [0, 0.1) is 0 Å². The molecule has 0 saturated carbocycles. The molecule has 2 amide bonds. The molecule has 3 nitrogen and oxygen atoms in total. The first-order valence-electron chi connectivity index (χ1n) is 6.95. The maximum atomic E-state index is 12.0. The van der Waals surface area contributed by atoms with Gasteiger partial charge in [0.1, 0.15) is 0 Å². The van der Waals surface area contributed by atoms with Crippen molar-refractivity contribution in [2.24, 2.45) is 0 Å². The number of aryl methyl sites for hydroxylation is 2. The first kappa shape index (κ1) is 13.2. The Balaban J connectivity index is 1.61. The van der Waals surface area contributed by atoms with Crippen LogP contribution >= 0.6 is 11.3 Å². The van der Waals surface area contributed by atoms with E-state index in [0.29, 0.717) is 0 Å². The van der Waals surface area contributed by atoms with Crippen LogP contribution in [-0.4, -0.2) is 6.03 Å². The summed E-state index contributed by atoms with van der Waals surface area (Å²) in [6.07, 6.45) is 3.51. The van der Waals surface area contributed by atoms with E-state index in [9.17, 15) is 4.79 Å². The largest absolute Gasteiger partial charge is 0.331 e. The molecule has 0 radical (unpaired) electrons. The van der Waals surface area contributed by atoms with Crippen molar-refractivity contribution in [1.29, 1.82) is 0 Å². The van der Waals surface area contributed by atoms with Gasteiger partial charge in [0.05, 0.1) is 6.04 Å². The third kappa shape index (κ3) is 2.85. The molecule has 1 aliphatic rings. The highest BCUT2D eigenvalue weighted by molar-refractivity contribution is 7.10. The number of thiophene rings is 1. The Kier molecular flexibility index (Phi) is 3.74. The number of hydrogen-bond donors (Lipinski definition) is 2. The molecule has 0 aliphatic heterocycles. The first-order chi connectivity index (χ1) is 9.72. The number of amides is 2. The van der Waals surface area contributed by atoms with Crippen molar-refractivity contribution >= 4 is 23.1 Å². The Labute approximate surface area is 123 Å². The minimum Gasteiger partial charge on any atom is -0.331 e. The lowest BCUT2D eigenvalue weighted by Gasteiger charge is -2.13. The van der Waals surface area contributed by atoms with Gasteiger partial charge in [0.15, 0.2) is 0 Å². The molecule has 1 atom stereocenters. The molecule has 1 heterocycles. The highest BCUT2D eigenvalue weighted by Gasteiger charge is 2.13. The molecule has 2 N–H and O–H groups in total. The van der Waals surface area contributed by atoms with E-state index >= 15 is 0 Å². The van der Waals surface area contributed by atoms with Gasteiger partial charge >= 0.3 is 6.03 Å². The van der Waals surface area contributed by atoms with Crippen molar-refractivity contribution in [3.05, 3.63) is 51.7 Å². The topological polar surface area (TPSA) is 41.1 Å². The Morgan fingerprint density at radius 1 is 1.25 bits per heavy atom. The van der Waals surface area contributed by atoms with E-state index in [1.165, 1.54) is 17.5 Å². The zero-order valence-electron chi connectivity index (χ0n) is 11.5. The summed E-state index contributed by atoms with van der Waals surface area (Å²) in [6, 6.07) is 10.1. The van der Waals surface area contributed by atoms with Gasteiger partial charge in [-0.15, -0.1) is 11.3 Å². The van der Waals surface area contributed by atoms with Gasteiger partial charge in [0.2, 0.25) is 0 Å². The normalized spacial score (nSPS) is 14.7. The highest BCUT2D eigenvalue weighted by atomic mass is 32.1. The van der Waals surface area contributed by atoms with Crippen molar-refractivity contribution in [2.45, 2.75) is 32.2 Å². The number of carbonyl (C=O) groups excluding carboxylic acids is 1. The van der Waals surface area contributed by atoms with E-state index in [-0.39, 0.29) is 12.1 Å². The second kappa shape index (κ2) is 5.67. The summed E-state index contributed by atoms with van der Waals surface area (Å²) in [5.41, 5.74) is 3.67. The smallest absolute Gasteiger partial charge is 0.319 e. The molecule has 0 unspecified atom stereocenters. The number of hydrogen-bond acceptors (Lipinski definition) is 2. The quantitative estimate of drug-likeness (QED) is 0.875. The van der Waals surface area contributed by atoms with Gasteiger partial charge in [-0.1, -0.05) is 12.1 Å². The zero-order valence-corrected chi connectivity index (χ0v) is 12.3. The predicted molar refractivity (Wildman–Crippen MR) is 83.4 cm³/mol. The Hall–Kier alpha value is -1.81. The highest BCUT2D eigenvalue weighted by Crippen LogP contribution is 2.25. The van der Waals surface area contributed by atoms with E-state index in [2.05, 4.69) is 22.8 Å². The van der Waals surface area contributed by atoms with Crippen molar-refractivity contribution in [3.8, 4) is 0 Å². The van der Waals surface area contributed by atoms with Crippen molar-refractivity contribution in [1.82, 2.24) is 5.32 Å². The molecule has 0 saturated heterocycles. The van der Waals surface area contributed by atoms with E-state index in [1.54, 1.807) is 11.3 Å². The van der Waals surface area contributed by atoms with Crippen LogP contribution in [-0.2, 0) is 12.8 Å². The average molecular weight is 286 g/mol. The summed E-state index contributed by atoms with van der Waals surface area (Å²) >= 11 is 1.65. The fourth-order valence-electron chi connectivity index (χ4n) is 2.62. The van der Waals surface area contributed by atoms with Crippen LogP contribution in [0.2, 0.25) is 0 Å². The Morgan fingerprint density at radius 3 is 2.90 bits per heavy atom. The molecule has 0 bridgehead atoms. The van der Waals surface area contributed by atoms with Crippen LogP contribution in [0.4, 0.5) is 10.5 Å². The number of urea groups is 1. The van der Waals surface area contributed by atoms with Crippen LogP contribution in [0.3, 0.4) is 0 Å². The van der Waals surface area contributed by atoms with Crippen LogP contribution in [0.25, 0.3) is 0 Å². The van der Waals surface area contributed by atoms with Gasteiger partial charge in [0.25, 0.3) is 0 Å². The van der Waals surface area contributed by atoms with Gasteiger partial charge in [0, 0.05) is 10.6 Å². The lowest BCUT2D eigenvalue weighted by atomic mass is 10.1. The number of anilines is 1. The SMILES string of the molecule is C[C@H](NC(=O)Nc1ccc2c(c1)CCC2)c1cccs1. The maximum absolute atomic E-state index is 12.0. The molecule has 1 aromatic heterocycles. The van der Waals surface area contributed by atoms with Gasteiger partial charge < -0.3 is 10.6 Å². The number of fused-ring (bicyclic) bond motifs is 1. The summed E-state index contributed by atoms with van der Waals surface area (Å²) in [7, 11) is 0. The third-order valence-electron chi connectivity index (χ3n) is 3.67. The summed E-state index contributed by atoms with van der Waals surface area (Å²) in [5, 5.41) is 7.90. The molecule has 104 valence electrons. The molecule has 2 aromatic rings. The van der Waals surface area contributed by atoms with Gasteiger partial charge in [-0.3, -0.25) is 0 Å². The van der Waals surface area contributed by atoms with Gasteiger partial charge in [-0.2, -0.15) is 0 Å². The van der Waals surface area contributed by atoms with Gasteiger partial charge in [-0.05, 0) is 60.9 Å². The molecular formula is C16H18N2OS. The fourth-order valence-corrected chi connectivity index (χ4v) is 3.36. The zero-order chi connectivity index (χ0) is 13.9. The minimum absolute atomic E-state index is 0.0319. The molecule has 1 aliphatic carbocycles. The molecule has 20 heavy (non-hydrogen) atoms. The predicted octanol–water partition coefficient (Wildman–Crippen LogP) is 4.12. The molecular weight excluding hydrogens is 268 g/mol. The van der Waals surface area contributed by atoms with Gasteiger partial charge in [-0.25, -0.2) is 4.79 Å². The molecule has 0 spiro atoms. The molecule has 4 heteroatoms. The molecule has 1 aromatic carbocycles. The first-order valence-corrected chi connectivity index (χ1v) is 7.83. The maximum Gasteiger partial charge on any atom is 0.319 e. The van der Waals surface area contributed by atoms with Crippen LogP contribution < -0.4 is 10.6 Å². The third-order valence-corrected chi connectivity index (χ3v) is 4.73. The van der Waals surface area contributed by atoms with E-state index < -0.39 is 0 Å². The monoisotopic (exact) mass is 286 g/mol. The summed E-state index contributed by atoms with van der Waals surface area (Å²) in [4.78, 5) is 13.2. The lowest BCUT2D eigenvalue weighted by molar-refractivity contribution is 0.249. The second-order valence-corrected chi connectivity index (χ2v) is 6.15. The Morgan fingerprint density at radius 2 is 2.10 bits per heavy atom. The number of rotatable bonds is 3. The summed E-state index contributed by atoms with van der Waals surface area (Å²) in [5.74, 6) is 0. The number of nitrogens with one attached hydrogen (secondary N) is 2. The van der Waals surface area contributed by atoms with Crippen LogP contribution in [0.1, 0.15) is 35.4 Å².